The van der Waals surface area contributed by atoms with Crippen molar-refractivity contribution < 1.29 is 42.5 Å². The first-order valence-electron chi connectivity index (χ1n) is 0.383. The molecule has 0 atom stereocenters. The zero-order chi connectivity index (χ0) is 2.71. The molecule has 0 radical (unpaired) electrons. The fourth-order valence-electron chi connectivity index (χ4n) is 0. The number of rotatable bonds is 0. The van der Waals surface area contributed by atoms with Crippen molar-refractivity contribution >= 4 is 0 Å². The monoisotopic (exact) mass is 213 g/mol. The minimum Gasteiger partial charge on any atom is -0.379 e. The van der Waals surface area contributed by atoms with Crippen LogP contribution < -0.4 is 0 Å². The summed E-state index contributed by atoms with van der Waals surface area (Å²) in [4.78, 5) is 8.11. The van der Waals surface area contributed by atoms with Crippen molar-refractivity contribution in [3.63, 3.8) is 0 Å². The summed E-state index contributed by atoms with van der Waals surface area (Å²) in [6.07, 6.45) is 0. The van der Waals surface area contributed by atoms with E-state index in [1.54, 1.807) is 0 Å². The number of hydrogen-bond donors (Lipinski definition) is 1. The predicted molar refractivity (Wildman–Crippen MR) is 7.58 cm³/mol. The summed E-state index contributed by atoms with van der Waals surface area (Å²) in [7, 11) is 0. The summed E-state index contributed by atoms with van der Waals surface area (Å²) >= 11 is 0. The van der Waals surface area contributed by atoms with Crippen molar-refractivity contribution in [1.82, 2.24) is 0 Å². The zero-order valence-electron chi connectivity index (χ0n) is 1.59. The van der Waals surface area contributed by atoms with Gasteiger partial charge in [-0.1, -0.05) is 0 Å². The van der Waals surface area contributed by atoms with Gasteiger partial charge in [-0.3, -0.25) is 0 Å². The van der Waals surface area contributed by atoms with Crippen molar-refractivity contribution in [1.29, 1.82) is 0 Å². The van der Waals surface area contributed by atoms with Crippen LogP contribution in [0.4, 0.5) is 0 Å². The molecule has 0 bridgehead atoms. The third kappa shape index (κ3) is 17.2. The first-order valence-corrected chi connectivity index (χ1v) is 0.383. The SMILES string of the molecule is O=NO.[Er]. The molecule has 0 saturated heterocycles. The van der Waals surface area contributed by atoms with Crippen LogP contribution in [0.15, 0.2) is 5.34 Å². The molecule has 0 rings (SSSR count). The van der Waals surface area contributed by atoms with Crippen LogP contribution in [0.1, 0.15) is 0 Å². The largest absolute Gasteiger partial charge is 0.379 e. The molecule has 0 aromatic heterocycles. The molecular weight excluding hydrogens is 213 g/mol. The van der Waals surface area contributed by atoms with E-state index in [-0.39, 0.29) is 37.3 Å². The Labute approximate surface area is 52.5 Å². The average molecular weight is 214 g/mol. The van der Waals surface area contributed by atoms with E-state index in [0.29, 0.717) is 0 Å². The maximum absolute atomic E-state index is 8.11. The third-order valence-electron chi connectivity index (χ3n) is 0. The van der Waals surface area contributed by atoms with E-state index in [4.69, 9.17) is 10.1 Å². The van der Waals surface area contributed by atoms with Crippen molar-refractivity contribution in [2.75, 3.05) is 0 Å². The van der Waals surface area contributed by atoms with Gasteiger partial charge >= 0.3 is 0 Å². The van der Waals surface area contributed by atoms with Crippen LogP contribution in [0.2, 0.25) is 0 Å². The molecule has 0 aromatic rings. The topological polar surface area (TPSA) is 49.7 Å². The maximum atomic E-state index is 8.11. The molecule has 1 N–H and O–H groups in total. The summed E-state index contributed by atoms with van der Waals surface area (Å²) in [6, 6.07) is 0. The van der Waals surface area contributed by atoms with Gasteiger partial charge in [0.15, 0.2) is 5.34 Å². The van der Waals surface area contributed by atoms with Crippen molar-refractivity contribution in [3.8, 4) is 0 Å². The van der Waals surface area contributed by atoms with E-state index < -0.39 is 0 Å². The molecule has 0 spiro atoms. The smallest absolute Gasteiger partial charge is 0.152 e. The summed E-state index contributed by atoms with van der Waals surface area (Å²) in [5, 5.41) is 7.89. The molecule has 4 heteroatoms. The Morgan fingerprint density at radius 3 is 1.75 bits per heavy atom. The first kappa shape index (κ1) is 8.82. The normalized spacial score (nSPS) is 3.00. The Morgan fingerprint density at radius 2 is 1.75 bits per heavy atom. The minimum atomic E-state index is 0. The van der Waals surface area contributed by atoms with Gasteiger partial charge in [0.1, 0.15) is 0 Å². The van der Waals surface area contributed by atoms with Crippen LogP contribution >= 0.6 is 0 Å². The van der Waals surface area contributed by atoms with E-state index in [2.05, 4.69) is 0 Å². The second kappa shape index (κ2) is 9.42. The molecule has 0 aliphatic heterocycles. The first-order chi connectivity index (χ1) is 1.41. The van der Waals surface area contributed by atoms with Crippen molar-refractivity contribution in [2.45, 2.75) is 0 Å². The molecule has 0 heterocycles. The van der Waals surface area contributed by atoms with E-state index in [9.17, 15) is 0 Å². The molecule has 0 unspecified atom stereocenters. The van der Waals surface area contributed by atoms with Gasteiger partial charge in [-0.05, 0) is 0 Å². The van der Waals surface area contributed by atoms with E-state index >= 15 is 0 Å². The Bertz CT molecular complexity index is 13.5. The Morgan fingerprint density at radius 1 is 1.75 bits per heavy atom. The van der Waals surface area contributed by atoms with Crippen molar-refractivity contribution in [2.24, 2.45) is 5.34 Å². The summed E-state index contributed by atoms with van der Waals surface area (Å²) < 4.78 is 0. The van der Waals surface area contributed by atoms with E-state index in [0.717, 1.165) is 0 Å². The van der Waals surface area contributed by atoms with Gasteiger partial charge < -0.3 is 5.21 Å². The third-order valence-corrected chi connectivity index (χ3v) is 0. The number of hydrogen-bond acceptors (Lipinski definition) is 2. The molecule has 0 amide bonds. The molecule has 0 aromatic carbocycles. The fraction of sp³-hybridized carbons (Fsp3) is 0. The van der Waals surface area contributed by atoms with Crippen LogP contribution in [0.3, 0.4) is 0 Å². The maximum Gasteiger partial charge on any atom is 0.152 e. The van der Waals surface area contributed by atoms with Gasteiger partial charge in [0.2, 0.25) is 0 Å². The molecule has 0 aliphatic rings. The molecule has 4 heavy (non-hydrogen) atoms. The zero-order valence-corrected chi connectivity index (χ0v) is 3.44. The van der Waals surface area contributed by atoms with E-state index in [1.807, 2.05) is 0 Å². The van der Waals surface area contributed by atoms with Crippen LogP contribution in [0.5, 0.6) is 0 Å². The van der Waals surface area contributed by atoms with Gasteiger partial charge in [0.25, 0.3) is 0 Å². The summed E-state index contributed by atoms with van der Waals surface area (Å²) in [5.74, 6) is 0. The Kier molecular flexibility index (Phi) is 20.8. The molecule has 3 nitrogen and oxygen atoms in total. The van der Waals surface area contributed by atoms with Gasteiger partial charge in [0.05, 0.1) is 0 Å². The Balaban J connectivity index is 0. The van der Waals surface area contributed by atoms with Crippen LogP contribution in [-0.4, -0.2) is 5.21 Å². The molecule has 0 aliphatic carbocycles. The molecular formula is HErNO2. The van der Waals surface area contributed by atoms with Gasteiger partial charge in [-0.2, -0.15) is 0 Å². The predicted octanol–water partition coefficient (Wildman–Crippen LogP) is 0.142. The Hall–Kier alpha value is 0.647. The quantitative estimate of drug-likeness (QED) is 0.460. The fourth-order valence-corrected chi connectivity index (χ4v) is 0. The average Bonchev–Trinajstić information content (AvgIpc) is 0.918. The van der Waals surface area contributed by atoms with Crippen LogP contribution in [0.25, 0.3) is 0 Å². The van der Waals surface area contributed by atoms with Crippen LogP contribution in [0, 0.1) is 42.2 Å². The molecule has 0 saturated carbocycles. The van der Waals surface area contributed by atoms with Crippen molar-refractivity contribution in [3.05, 3.63) is 4.91 Å². The second-order valence-corrected chi connectivity index (χ2v) is 0.0816. The van der Waals surface area contributed by atoms with Gasteiger partial charge in [0, 0.05) is 37.3 Å². The molecule has 0 fully saturated rings. The second-order valence-electron chi connectivity index (χ2n) is 0.0816. The minimum absolute atomic E-state index is 0. The van der Waals surface area contributed by atoms with Crippen LogP contribution in [-0.2, 0) is 0 Å². The standard InChI is InChI=1S/Er.HNO2/c;2-1-3/h;(H,2,3). The summed E-state index contributed by atoms with van der Waals surface area (Å²) in [5.41, 5.74) is 0. The van der Waals surface area contributed by atoms with Gasteiger partial charge in [-0.25, -0.2) is 0 Å². The number of nitrogens with zero attached hydrogens (tertiary/aromatic N) is 1. The van der Waals surface area contributed by atoms with E-state index in [1.165, 1.54) is 5.34 Å². The van der Waals surface area contributed by atoms with Gasteiger partial charge in [-0.15, -0.1) is 4.91 Å². The molecule has 30 valence electrons. The summed E-state index contributed by atoms with van der Waals surface area (Å²) in [6.45, 7) is 0.